The molecular weight excluding hydrogens is 573 g/mol. The summed E-state index contributed by atoms with van der Waals surface area (Å²) in [5, 5.41) is 4.84. The van der Waals surface area contributed by atoms with Crippen molar-refractivity contribution in [2.45, 2.75) is 0 Å². The number of hydrogen-bond donors (Lipinski definition) is 0. The molecule has 0 saturated carbocycles. The fourth-order valence-corrected chi connectivity index (χ4v) is 6.57. The largest absolute Gasteiger partial charge is 0.309 e. The van der Waals surface area contributed by atoms with Gasteiger partial charge in [-0.3, -0.25) is 0 Å². The second kappa shape index (κ2) is 11.2. The Labute approximate surface area is 272 Å². The second-order valence-electron chi connectivity index (χ2n) is 11.7. The number of fused-ring (bicyclic) bond motifs is 4. The van der Waals surface area contributed by atoms with Crippen LogP contribution < -0.4 is 0 Å². The third-order valence-corrected chi connectivity index (χ3v) is 8.85. The molecule has 0 amide bonds. The van der Waals surface area contributed by atoms with Crippen LogP contribution in [-0.2, 0) is 0 Å². The van der Waals surface area contributed by atoms with Crippen LogP contribution in [0.3, 0.4) is 0 Å². The Morgan fingerprint density at radius 3 is 1.53 bits per heavy atom. The highest BCUT2D eigenvalue weighted by molar-refractivity contribution is 6.09. The van der Waals surface area contributed by atoms with E-state index < -0.39 is 0 Å². The predicted octanol–water partition coefficient (Wildman–Crippen LogP) is 10.8. The molecule has 9 aromatic rings. The summed E-state index contributed by atoms with van der Waals surface area (Å²) in [5.41, 5.74) is 8.65. The Morgan fingerprint density at radius 2 is 0.830 bits per heavy atom. The Hall–Kier alpha value is -6.39. The van der Waals surface area contributed by atoms with Crippen molar-refractivity contribution in [2.75, 3.05) is 0 Å². The van der Waals surface area contributed by atoms with Gasteiger partial charge in [0.1, 0.15) is 0 Å². The molecule has 9 rings (SSSR count). The quantitative estimate of drug-likeness (QED) is 0.197. The maximum Gasteiger partial charge on any atom is 0.164 e. The molecule has 7 aromatic carbocycles. The van der Waals surface area contributed by atoms with Crippen LogP contribution in [0.25, 0.3) is 83.6 Å². The minimum Gasteiger partial charge on any atom is -0.309 e. The molecule has 0 unspecified atom stereocenters. The maximum absolute atomic E-state index is 5.01. The molecule has 0 bridgehead atoms. The monoisotopic (exact) mass is 600 g/mol. The fraction of sp³-hybridized carbons (Fsp3) is 0. The smallest absolute Gasteiger partial charge is 0.164 e. The van der Waals surface area contributed by atoms with Crippen LogP contribution >= 0.6 is 0 Å². The first kappa shape index (κ1) is 27.0. The van der Waals surface area contributed by atoms with Gasteiger partial charge in [0.05, 0.1) is 16.7 Å². The van der Waals surface area contributed by atoms with E-state index in [1.54, 1.807) is 0 Å². The van der Waals surface area contributed by atoms with Gasteiger partial charge in [-0.15, -0.1) is 0 Å². The summed E-state index contributed by atoms with van der Waals surface area (Å²) in [7, 11) is 0. The van der Waals surface area contributed by atoms with Crippen LogP contribution in [0.5, 0.6) is 0 Å². The van der Waals surface area contributed by atoms with Gasteiger partial charge in [-0.25, -0.2) is 15.0 Å². The topological polar surface area (TPSA) is 43.6 Å². The highest BCUT2D eigenvalue weighted by Crippen LogP contribution is 2.36. The van der Waals surface area contributed by atoms with Crippen LogP contribution in [0.4, 0.5) is 0 Å². The van der Waals surface area contributed by atoms with Gasteiger partial charge in [0.2, 0.25) is 0 Å². The summed E-state index contributed by atoms with van der Waals surface area (Å²) in [4.78, 5) is 14.9. The van der Waals surface area contributed by atoms with Crippen molar-refractivity contribution in [2.24, 2.45) is 0 Å². The Kier molecular flexibility index (Phi) is 6.43. The number of hydrogen-bond acceptors (Lipinski definition) is 3. The first-order valence-corrected chi connectivity index (χ1v) is 15.8. The maximum atomic E-state index is 5.01. The fourth-order valence-electron chi connectivity index (χ4n) is 6.57. The average molecular weight is 601 g/mol. The summed E-state index contributed by atoms with van der Waals surface area (Å²) in [6, 6.07) is 59.3. The van der Waals surface area contributed by atoms with E-state index >= 15 is 0 Å². The van der Waals surface area contributed by atoms with E-state index in [0.717, 1.165) is 38.9 Å². The lowest BCUT2D eigenvalue weighted by Crippen LogP contribution is -2.00. The van der Waals surface area contributed by atoms with E-state index in [0.29, 0.717) is 17.5 Å². The molecule has 0 aliphatic rings. The molecule has 4 nitrogen and oxygen atoms in total. The van der Waals surface area contributed by atoms with Crippen molar-refractivity contribution >= 4 is 32.6 Å². The molecular formula is C43H28N4. The molecule has 4 heteroatoms. The zero-order chi connectivity index (χ0) is 31.2. The Bertz CT molecular complexity index is 2510. The van der Waals surface area contributed by atoms with Crippen LogP contribution in [-0.4, -0.2) is 19.5 Å². The molecule has 2 aromatic heterocycles. The van der Waals surface area contributed by atoms with Crippen molar-refractivity contribution < 1.29 is 0 Å². The van der Waals surface area contributed by atoms with E-state index in [-0.39, 0.29) is 0 Å². The molecule has 0 saturated heterocycles. The standard InChI is InChI=1S/C43H28N4/c1-2-13-31(14-3-1)41-44-42(46-43(45-41)34-27-22-29-12-4-5-15-33(29)28-34)32-25-23-30(24-26-32)35-16-6-9-19-38(35)47-39-20-10-7-17-36(39)37-18-8-11-21-40(37)47/h1-28H. The van der Waals surface area contributed by atoms with Crippen molar-refractivity contribution in [3.05, 3.63) is 170 Å². The average Bonchev–Trinajstić information content (AvgIpc) is 3.49. The normalized spacial score (nSPS) is 11.4. The van der Waals surface area contributed by atoms with Crippen molar-refractivity contribution in [1.29, 1.82) is 0 Å². The third-order valence-electron chi connectivity index (χ3n) is 8.85. The lowest BCUT2D eigenvalue weighted by atomic mass is 10.0. The van der Waals surface area contributed by atoms with E-state index in [4.69, 9.17) is 15.0 Å². The lowest BCUT2D eigenvalue weighted by molar-refractivity contribution is 1.07. The highest BCUT2D eigenvalue weighted by atomic mass is 15.0. The summed E-state index contributed by atoms with van der Waals surface area (Å²) >= 11 is 0. The number of rotatable bonds is 5. The van der Waals surface area contributed by atoms with Gasteiger partial charge in [0, 0.05) is 33.0 Å². The molecule has 0 N–H and O–H groups in total. The Balaban J connectivity index is 1.16. The second-order valence-corrected chi connectivity index (χ2v) is 11.7. The van der Waals surface area contributed by atoms with Crippen LogP contribution in [0.15, 0.2) is 170 Å². The summed E-state index contributed by atoms with van der Waals surface area (Å²) < 4.78 is 2.38. The van der Waals surface area contributed by atoms with Crippen LogP contribution in [0, 0.1) is 0 Å². The summed E-state index contributed by atoms with van der Waals surface area (Å²) in [6.45, 7) is 0. The molecule has 0 spiro atoms. The Morgan fingerprint density at radius 1 is 0.340 bits per heavy atom. The number of benzene rings is 7. The lowest BCUT2D eigenvalue weighted by Gasteiger charge is -2.14. The zero-order valence-electron chi connectivity index (χ0n) is 25.5. The molecule has 2 heterocycles. The van der Waals surface area contributed by atoms with E-state index in [1.807, 2.05) is 30.3 Å². The van der Waals surface area contributed by atoms with Gasteiger partial charge in [0.15, 0.2) is 17.5 Å². The van der Waals surface area contributed by atoms with Gasteiger partial charge in [-0.05, 0) is 40.6 Å². The summed E-state index contributed by atoms with van der Waals surface area (Å²) in [5.74, 6) is 1.95. The SMILES string of the molecule is c1ccc(-c2nc(-c3ccc(-c4ccccc4-n4c5ccccc5c5ccccc54)cc3)nc(-c3ccc4ccccc4c3)n2)cc1. The minimum absolute atomic E-state index is 0.643. The first-order chi connectivity index (χ1) is 23.3. The van der Waals surface area contributed by atoms with E-state index in [1.165, 1.54) is 27.2 Å². The van der Waals surface area contributed by atoms with Gasteiger partial charge in [0.25, 0.3) is 0 Å². The highest BCUT2D eigenvalue weighted by Gasteiger charge is 2.16. The first-order valence-electron chi connectivity index (χ1n) is 15.8. The van der Waals surface area contributed by atoms with Crippen LogP contribution in [0.1, 0.15) is 0 Å². The van der Waals surface area contributed by atoms with E-state index in [9.17, 15) is 0 Å². The van der Waals surface area contributed by atoms with Crippen LogP contribution in [0.2, 0.25) is 0 Å². The number of nitrogens with zero attached hydrogens (tertiary/aromatic N) is 4. The zero-order valence-corrected chi connectivity index (χ0v) is 25.5. The molecule has 0 atom stereocenters. The number of aromatic nitrogens is 4. The van der Waals surface area contributed by atoms with Gasteiger partial charge in [-0.2, -0.15) is 0 Å². The molecule has 0 fully saturated rings. The molecule has 0 radical (unpaired) electrons. The molecule has 0 aliphatic heterocycles. The van der Waals surface area contributed by atoms with Gasteiger partial charge < -0.3 is 4.57 Å². The van der Waals surface area contributed by atoms with Crippen molar-refractivity contribution in [3.63, 3.8) is 0 Å². The van der Waals surface area contributed by atoms with Gasteiger partial charge >= 0.3 is 0 Å². The van der Waals surface area contributed by atoms with E-state index in [2.05, 4.69) is 144 Å². The minimum atomic E-state index is 0.643. The van der Waals surface area contributed by atoms with Crippen molar-refractivity contribution in [3.8, 4) is 51.0 Å². The van der Waals surface area contributed by atoms with Gasteiger partial charge in [-0.1, -0.05) is 146 Å². The summed E-state index contributed by atoms with van der Waals surface area (Å²) in [6.07, 6.45) is 0. The molecule has 47 heavy (non-hydrogen) atoms. The third kappa shape index (κ3) is 4.75. The van der Waals surface area contributed by atoms with Crippen molar-refractivity contribution in [1.82, 2.24) is 19.5 Å². The molecule has 0 aliphatic carbocycles. The predicted molar refractivity (Wildman–Crippen MR) is 193 cm³/mol. The molecule has 220 valence electrons. The number of para-hydroxylation sites is 3.